The predicted molar refractivity (Wildman–Crippen MR) is 314 cm³/mol. The SMILES string of the molecule is COCCOCCOCCOCCOCCOCCN1C(=CC2=C(O)C(=CC3=[N+](CCCC(=O)ON4C(=O)CCC4=O)c4ccc5c(S(=O)(=O)[O-])cc(S(=O)(=O)[O-])cc5c4C3(C)C)C2=O)C(C)(CCCS(=O)(=O)[O-])c2c1ccc1c(S(=O)(=O)[O-])cc(S(=O)(=O)[O-])cc21. The topological polar surface area (TPSA) is 449 Å². The highest BCUT2D eigenvalue weighted by atomic mass is 32.2. The van der Waals surface area contributed by atoms with Crippen molar-refractivity contribution in [3.63, 3.8) is 0 Å². The maximum absolute atomic E-state index is 14.9. The van der Waals surface area contributed by atoms with Gasteiger partial charge in [0.25, 0.3) is 11.8 Å². The van der Waals surface area contributed by atoms with Crippen molar-refractivity contribution in [3.8, 4) is 0 Å². The third kappa shape index (κ3) is 15.8. The second kappa shape index (κ2) is 28.2. The molecule has 2 amide bonds. The molecule has 0 saturated carbocycles. The molecule has 502 valence electrons. The number of hydroxylamine groups is 2. The smallest absolute Gasteiger partial charge is 0.333 e. The summed E-state index contributed by atoms with van der Waals surface area (Å²) in [5.41, 5.74) is -3.54. The average Bonchev–Trinajstić information content (AvgIpc) is 1.53. The van der Waals surface area contributed by atoms with Gasteiger partial charge in [-0.15, -0.1) is 5.06 Å². The van der Waals surface area contributed by atoms with Crippen molar-refractivity contribution in [3.05, 3.63) is 94.4 Å². The van der Waals surface area contributed by atoms with Gasteiger partial charge in [-0.1, -0.05) is 6.07 Å². The Balaban J connectivity index is 1.19. The molecule has 92 heavy (non-hydrogen) atoms. The highest BCUT2D eigenvalue weighted by Gasteiger charge is 2.50. The number of carbonyl (C=O) groups excluding carboxylic acids is 4. The van der Waals surface area contributed by atoms with Crippen LogP contribution in [0.15, 0.2) is 103 Å². The second-order valence-corrected chi connectivity index (χ2v) is 29.1. The number of aliphatic hydroxyl groups excluding tert-OH is 1. The van der Waals surface area contributed by atoms with E-state index >= 15 is 0 Å². The molecule has 1 aliphatic carbocycles. The Bertz CT molecular complexity index is 4350. The first-order chi connectivity index (χ1) is 43.0. The normalized spacial score (nSPS) is 18.8. The number of hydrogen-bond donors (Lipinski definition) is 1. The minimum atomic E-state index is -5.56. The molecule has 1 N–H and O–H groups in total. The maximum atomic E-state index is 14.9. The number of fused-ring (bicyclic) bond motifs is 6. The van der Waals surface area contributed by atoms with E-state index in [1.54, 1.807) is 7.11 Å². The van der Waals surface area contributed by atoms with Crippen molar-refractivity contribution in [2.45, 2.75) is 89.7 Å². The quantitative estimate of drug-likeness (QED) is 0.0235. The lowest BCUT2D eigenvalue weighted by atomic mass is 9.74. The first-order valence-corrected chi connectivity index (χ1v) is 35.5. The monoisotopic (exact) mass is 1380 g/mol. The zero-order valence-corrected chi connectivity index (χ0v) is 53.9. The fraction of sp³-hybridized carbons (Fsp3) is 0.456. The Morgan fingerprint density at radius 3 is 1.59 bits per heavy atom. The molecule has 30 nitrogen and oxygen atoms in total. The van der Waals surface area contributed by atoms with Crippen LogP contribution in [0.1, 0.15) is 70.4 Å². The summed E-state index contributed by atoms with van der Waals surface area (Å²) in [5.74, 6) is -5.08. The average molecular weight is 1380 g/mol. The van der Waals surface area contributed by atoms with Crippen molar-refractivity contribution in [1.29, 1.82) is 0 Å². The van der Waals surface area contributed by atoms with Crippen LogP contribution >= 0.6 is 0 Å². The summed E-state index contributed by atoms with van der Waals surface area (Å²) >= 11 is 0. The van der Waals surface area contributed by atoms with Crippen LogP contribution in [-0.2, 0) is 114 Å². The number of nitrogens with zero attached hydrogens (tertiary/aromatic N) is 3. The number of aliphatic hydroxyl groups is 1. The first kappa shape index (κ1) is 71.3. The van der Waals surface area contributed by atoms with E-state index in [-0.39, 0.29) is 134 Å². The zero-order valence-electron chi connectivity index (χ0n) is 49.9. The van der Waals surface area contributed by atoms with Gasteiger partial charge in [0.15, 0.2) is 5.71 Å². The van der Waals surface area contributed by atoms with Crippen LogP contribution in [0.25, 0.3) is 21.5 Å². The third-order valence-corrected chi connectivity index (χ3v) is 19.9. The third-order valence-electron chi connectivity index (χ3n) is 15.7. The van der Waals surface area contributed by atoms with E-state index in [4.69, 9.17) is 33.3 Å². The minimum Gasteiger partial charge on any atom is -0.748 e. The number of allylic oxidation sites excluding steroid dienone is 5. The van der Waals surface area contributed by atoms with Gasteiger partial charge in [-0.2, -0.15) is 4.58 Å². The lowest BCUT2D eigenvalue weighted by Crippen LogP contribution is -2.34. The standard InChI is InChI=1S/C57H67N3O27S5/c1-56(2)47(58(15-5-7-51(63)87-60-49(61)12-13-50(60)62)43-10-8-37-39(52(43)56)29-35(89(69,70)71)31-45(37)91(75,76)77)33-41-54(64)42(55(41)65)34-48-57(3,14-6-28-88(66,67)68)53-40-30-36(90(72,73)74)32-46(92(78,79)80)38(40)9-11-44(53)59(48)16-17-82-20-21-84-24-25-86-27-26-85-23-22-83-19-18-81-4/h8-11,29-34H,5-7,12-28H2,1-4H3,(H5-,64,65,66,67,68,69,70,71,72,73,74,75,76,77,78,79,80)/p-4. The van der Waals surface area contributed by atoms with Crippen molar-refractivity contribution < 1.29 is 127 Å². The van der Waals surface area contributed by atoms with Gasteiger partial charge >= 0.3 is 5.97 Å². The number of benzene rings is 4. The number of imide groups is 1. The largest absolute Gasteiger partial charge is 0.748 e. The highest BCUT2D eigenvalue weighted by molar-refractivity contribution is 7.87. The highest BCUT2D eigenvalue weighted by Crippen LogP contribution is 2.55. The molecule has 4 aliphatic rings. The number of amides is 2. The van der Waals surface area contributed by atoms with Crippen LogP contribution in [0.2, 0.25) is 0 Å². The summed E-state index contributed by atoms with van der Waals surface area (Å²) in [4.78, 5) is 54.6. The number of Topliss-reactive ketones (excluding diaryl/α,β-unsaturated/α-hetero) is 1. The van der Waals surface area contributed by atoms with E-state index in [9.17, 15) is 89.1 Å². The number of carbonyl (C=O) groups is 4. The van der Waals surface area contributed by atoms with Crippen molar-refractivity contribution in [2.24, 2.45) is 0 Å². The molecule has 8 rings (SSSR count). The maximum Gasteiger partial charge on any atom is 0.333 e. The van der Waals surface area contributed by atoms with Gasteiger partial charge in [-0.05, 0) is 97.8 Å². The number of ether oxygens (including phenoxy) is 6. The lowest BCUT2D eigenvalue weighted by molar-refractivity contribution is -0.438. The predicted octanol–water partition coefficient (Wildman–Crippen LogP) is 2.41. The fourth-order valence-corrected chi connectivity index (χ4v) is 14.7. The number of hydrogen-bond acceptors (Lipinski definition) is 28. The summed E-state index contributed by atoms with van der Waals surface area (Å²) in [6.07, 6.45) is 0.658. The van der Waals surface area contributed by atoms with Crippen LogP contribution in [0.3, 0.4) is 0 Å². The summed E-state index contributed by atoms with van der Waals surface area (Å²) < 4.78 is 223. The minimum absolute atomic E-state index is 0.000931. The Morgan fingerprint density at radius 1 is 0.620 bits per heavy atom. The molecule has 1 atom stereocenters. The van der Waals surface area contributed by atoms with Crippen LogP contribution in [0, 0.1) is 0 Å². The van der Waals surface area contributed by atoms with Gasteiger partial charge in [0.2, 0.25) is 11.5 Å². The van der Waals surface area contributed by atoms with Gasteiger partial charge in [-0.3, -0.25) is 14.4 Å². The van der Waals surface area contributed by atoms with E-state index in [2.05, 4.69) is 0 Å². The van der Waals surface area contributed by atoms with E-state index in [0.29, 0.717) is 50.2 Å². The molecule has 0 bridgehead atoms. The Labute approximate surface area is 529 Å². The molecule has 0 spiro atoms. The van der Waals surface area contributed by atoms with Crippen LogP contribution in [0.5, 0.6) is 0 Å². The molecule has 1 fully saturated rings. The van der Waals surface area contributed by atoms with Crippen LogP contribution < -0.4 is 4.90 Å². The summed E-state index contributed by atoms with van der Waals surface area (Å²) in [7, 11) is -25.4. The molecule has 3 heterocycles. The molecule has 3 aliphatic heterocycles. The van der Waals surface area contributed by atoms with Gasteiger partial charge < -0.3 is 66.0 Å². The fourth-order valence-electron chi connectivity index (χ4n) is 11.6. The zero-order chi connectivity index (χ0) is 67.5. The summed E-state index contributed by atoms with van der Waals surface area (Å²) in [6.45, 7) is 6.65. The Morgan fingerprint density at radius 2 is 1.11 bits per heavy atom. The van der Waals surface area contributed by atoms with Crippen molar-refractivity contribution in [2.75, 3.05) is 104 Å². The second-order valence-electron chi connectivity index (χ2n) is 22.2. The summed E-state index contributed by atoms with van der Waals surface area (Å²) in [6, 6.07) is 7.58. The molecule has 0 aromatic heterocycles. The van der Waals surface area contributed by atoms with Gasteiger partial charge in [0, 0.05) is 78.6 Å². The van der Waals surface area contributed by atoms with Crippen LogP contribution in [0.4, 0.5) is 11.4 Å². The molecule has 1 saturated heterocycles. The molecule has 35 heteroatoms. The Kier molecular flexibility index (Phi) is 21.9. The molecule has 4 aromatic carbocycles. The van der Waals surface area contributed by atoms with E-state index in [0.717, 1.165) is 12.1 Å². The van der Waals surface area contributed by atoms with Gasteiger partial charge in [0.1, 0.15) is 52.8 Å². The molecule has 4 aromatic rings. The number of rotatable bonds is 33. The van der Waals surface area contributed by atoms with Crippen molar-refractivity contribution >= 4 is 113 Å². The lowest BCUT2D eigenvalue weighted by Gasteiger charge is -2.32. The van der Waals surface area contributed by atoms with Gasteiger partial charge in [-0.25, -0.2) is 46.9 Å². The molecular weight excluding hydrogens is 1320 g/mol. The number of ketones is 1. The molecular formula is C57H63N3O27S5-4. The van der Waals surface area contributed by atoms with Crippen LogP contribution in [-0.4, -0.2) is 208 Å². The number of anilines is 1. The Hall–Kier alpha value is -6.52. The van der Waals surface area contributed by atoms with E-state index < -0.39 is 140 Å². The molecule has 1 unspecified atom stereocenters. The van der Waals surface area contributed by atoms with E-state index in [1.807, 2.05) is 0 Å². The van der Waals surface area contributed by atoms with Crippen molar-refractivity contribution in [1.82, 2.24) is 5.06 Å². The van der Waals surface area contributed by atoms with E-state index in [1.165, 1.54) is 66.7 Å². The van der Waals surface area contributed by atoms with Gasteiger partial charge in [0.05, 0.1) is 125 Å². The first-order valence-electron chi connectivity index (χ1n) is 28.3. The number of methoxy groups -OCH3 is 1. The summed E-state index contributed by atoms with van der Waals surface area (Å²) in [5, 5.41) is 11.4. The molecule has 0 radical (unpaired) electrons.